The van der Waals surface area contributed by atoms with E-state index in [1.807, 2.05) is 0 Å². The van der Waals surface area contributed by atoms with Gasteiger partial charge >= 0.3 is 11.8 Å². The number of nitrogens with zero attached hydrogens (tertiary/aromatic N) is 3. The Morgan fingerprint density at radius 1 is 1.05 bits per heavy atom. The minimum absolute atomic E-state index is 0.0864. The zero-order valence-corrected chi connectivity index (χ0v) is 10.9. The number of rotatable bonds is 5. The van der Waals surface area contributed by atoms with Gasteiger partial charge in [-0.2, -0.15) is 13.2 Å². The summed E-state index contributed by atoms with van der Waals surface area (Å²) in [5.74, 6) is 0. The lowest BCUT2D eigenvalue weighted by Gasteiger charge is -2.19. The summed E-state index contributed by atoms with van der Waals surface area (Å²) >= 11 is 0. The molecule has 104 valence electrons. The monoisotopic (exact) mass is 271 g/mol. The second kappa shape index (κ2) is 4.92. The quantitative estimate of drug-likeness (QED) is 0.802. The normalized spacial score (nSPS) is 16.9. The summed E-state index contributed by atoms with van der Waals surface area (Å²) in [6.45, 7) is 6.67. The van der Waals surface area contributed by atoms with E-state index in [9.17, 15) is 13.2 Å². The molecule has 6 heteroatoms. The van der Waals surface area contributed by atoms with Crippen LogP contribution in [0.25, 0.3) is 0 Å². The summed E-state index contributed by atoms with van der Waals surface area (Å²) in [6, 6.07) is 6.35. The highest BCUT2D eigenvalue weighted by Crippen LogP contribution is 2.52. The molecule has 1 aliphatic heterocycles. The van der Waals surface area contributed by atoms with Crippen LogP contribution in [0.15, 0.2) is 34.5 Å². The molecule has 0 aromatic heterocycles. The molecule has 0 N–H and O–H groups in total. The maximum Gasteiger partial charge on any atom is 0.442 e. The van der Waals surface area contributed by atoms with Crippen LogP contribution in [-0.4, -0.2) is 24.2 Å². The molecule has 0 fully saturated rings. The summed E-state index contributed by atoms with van der Waals surface area (Å²) in [5.41, 5.74) is -1.23. The van der Waals surface area contributed by atoms with Crippen molar-refractivity contribution in [2.24, 2.45) is 10.2 Å². The van der Waals surface area contributed by atoms with Gasteiger partial charge in [-0.3, -0.25) is 4.90 Å². The molecule has 1 aromatic rings. The Morgan fingerprint density at radius 3 is 1.95 bits per heavy atom. The van der Waals surface area contributed by atoms with Crippen molar-refractivity contribution in [3.05, 3.63) is 35.4 Å². The lowest BCUT2D eigenvalue weighted by Crippen LogP contribution is -2.30. The van der Waals surface area contributed by atoms with Crippen LogP contribution in [0, 0.1) is 0 Å². The van der Waals surface area contributed by atoms with Crippen LogP contribution in [0.3, 0.4) is 0 Å². The maximum atomic E-state index is 12.8. The lowest BCUT2D eigenvalue weighted by molar-refractivity contribution is -0.166. The first-order valence-electron chi connectivity index (χ1n) is 6.25. The molecule has 2 rings (SSSR count). The number of halogens is 3. The predicted molar refractivity (Wildman–Crippen MR) is 65.7 cm³/mol. The van der Waals surface area contributed by atoms with E-state index in [2.05, 4.69) is 29.0 Å². The molecule has 0 atom stereocenters. The first-order valence-corrected chi connectivity index (χ1v) is 6.25. The Balaban J connectivity index is 2.12. The Kier molecular flexibility index (Phi) is 3.62. The maximum absolute atomic E-state index is 12.8. The van der Waals surface area contributed by atoms with Gasteiger partial charge in [0.25, 0.3) is 0 Å². The second-order valence-corrected chi connectivity index (χ2v) is 4.53. The molecule has 1 heterocycles. The van der Waals surface area contributed by atoms with E-state index < -0.39 is 11.8 Å². The van der Waals surface area contributed by atoms with E-state index in [1.165, 1.54) is 12.1 Å². The Bertz CT molecular complexity index is 455. The van der Waals surface area contributed by atoms with Crippen molar-refractivity contribution >= 4 is 0 Å². The van der Waals surface area contributed by atoms with Crippen molar-refractivity contribution in [2.45, 2.75) is 32.2 Å². The van der Waals surface area contributed by atoms with Gasteiger partial charge in [-0.1, -0.05) is 38.1 Å². The van der Waals surface area contributed by atoms with Crippen molar-refractivity contribution in [3.8, 4) is 0 Å². The average Bonchev–Trinajstić information content (AvgIpc) is 3.17. The fourth-order valence-electron chi connectivity index (χ4n) is 1.99. The van der Waals surface area contributed by atoms with E-state index in [-0.39, 0.29) is 5.56 Å². The minimum atomic E-state index is -4.45. The molecule has 0 saturated heterocycles. The fraction of sp³-hybridized carbons (Fsp3) is 0.538. The van der Waals surface area contributed by atoms with Crippen molar-refractivity contribution in [1.82, 2.24) is 4.90 Å². The zero-order valence-electron chi connectivity index (χ0n) is 10.9. The molecular formula is C13H16F3N3. The zero-order chi connectivity index (χ0) is 14.1. The molecule has 1 aromatic carbocycles. The first-order chi connectivity index (χ1) is 8.93. The molecule has 0 aliphatic carbocycles. The topological polar surface area (TPSA) is 28.0 Å². The molecule has 0 amide bonds. The first kappa shape index (κ1) is 14.0. The van der Waals surface area contributed by atoms with Gasteiger partial charge < -0.3 is 0 Å². The summed E-state index contributed by atoms with van der Waals surface area (Å²) in [6.07, 6.45) is -4.45. The van der Waals surface area contributed by atoms with E-state index in [0.29, 0.717) is 0 Å². The van der Waals surface area contributed by atoms with Crippen LogP contribution in [-0.2, 0) is 12.2 Å². The van der Waals surface area contributed by atoms with Crippen molar-refractivity contribution in [2.75, 3.05) is 13.1 Å². The molecule has 0 radical (unpaired) electrons. The third kappa shape index (κ3) is 2.63. The standard InChI is InChI=1S/C13H16F3N3/c1-3-19(4-2)9-10-5-7-11(8-6-10)12(17-18-12)13(14,15)16/h5-8H,3-4,9H2,1-2H3. The number of benzene rings is 1. The van der Waals surface area contributed by atoms with Gasteiger partial charge in [0.15, 0.2) is 0 Å². The summed E-state index contributed by atoms with van der Waals surface area (Å²) in [4.78, 5) is 2.19. The number of hydrogen-bond donors (Lipinski definition) is 0. The average molecular weight is 271 g/mol. The third-order valence-electron chi connectivity index (χ3n) is 3.35. The van der Waals surface area contributed by atoms with Crippen LogP contribution in [0.1, 0.15) is 25.0 Å². The van der Waals surface area contributed by atoms with Gasteiger partial charge in [-0.15, -0.1) is 10.2 Å². The van der Waals surface area contributed by atoms with Crippen molar-refractivity contribution < 1.29 is 13.2 Å². The molecule has 19 heavy (non-hydrogen) atoms. The number of hydrogen-bond acceptors (Lipinski definition) is 3. The Hall–Kier alpha value is -1.43. The predicted octanol–water partition coefficient (Wildman–Crippen LogP) is 3.71. The van der Waals surface area contributed by atoms with Gasteiger partial charge in [0.2, 0.25) is 0 Å². The number of alkyl halides is 3. The van der Waals surface area contributed by atoms with Gasteiger partial charge in [0, 0.05) is 12.1 Å². The van der Waals surface area contributed by atoms with E-state index in [4.69, 9.17) is 0 Å². The van der Waals surface area contributed by atoms with Gasteiger partial charge in [-0.05, 0) is 18.7 Å². The van der Waals surface area contributed by atoms with Crippen LogP contribution in [0.5, 0.6) is 0 Å². The summed E-state index contributed by atoms with van der Waals surface area (Å²) < 4.78 is 38.4. The van der Waals surface area contributed by atoms with E-state index in [1.54, 1.807) is 12.1 Å². The second-order valence-electron chi connectivity index (χ2n) is 4.53. The molecule has 0 saturated carbocycles. The van der Waals surface area contributed by atoms with Crippen molar-refractivity contribution in [1.29, 1.82) is 0 Å². The molecule has 0 bridgehead atoms. The highest BCUT2D eigenvalue weighted by molar-refractivity contribution is 5.32. The molecule has 3 nitrogen and oxygen atoms in total. The Morgan fingerprint density at radius 2 is 1.58 bits per heavy atom. The van der Waals surface area contributed by atoms with Gasteiger partial charge in [-0.25, -0.2) is 0 Å². The third-order valence-corrected chi connectivity index (χ3v) is 3.35. The summed E-state index contributed by atoms with van der Waals surface area (Å²) in [5, 5.41) is 6.38. The molecular weight excluding hydrogens is 255 g/mol. The minimum Gasteiger partial charge on any atom is -0.300 e. The Labute approximate surface area is 110 Å². The lowest BCUT2D eigenvalue weighted by atomic mass is 10.0. The van der Waals surface area contributed by atoms with Gasteiger partial charge in [0.1, 0.15) is 0 Å². The summed E-state index contributed by atoms with van der Waals surface area (Å²) in [7, 11) is 0. The molecule has 1 aliphatic rings. The van der Waals surface area contributed by atoms with E-state index in [0.717, 1.165) is 25.2 Å². The van der Waals surface area contributed by atoms with Crippen LogP contribution in [0.4, 0.5) is 13.2 Å². The van der Waals surface area contributed by atoms with Gasteiger partial charge in [0.05, 0.1) is 0 Å². The van der Waals surface area contributed by atoms with Crippen molar-refractivity contribution in [3.63, 3.8) is 0 Å². The smallest absolute Gasteiger partial charge is 0.300 e. The van der Waals surface area contributed by atoms with Crippen LogP contribution in [0.2, 0.25) is 0 Å². The highest BCUT2D eigenvalue weighted by Gasteiger charge is 2.65. The SMILES string of the molecule is CCN(CC)Cc1ccc(C2(C(F)(F)F)N=N2)cc1. The molecule has 0 spiro atoms. The fourth-order valence-corrected chi connectivity index (χ4v) is 1.99. The van der Waals surface area contributed by atoms with Crippen LogP contribution >= 0.6 is 0 Å². The highest BCUT2D eigenvalue weighted by atomic mass is 19.4. The molecule has 0 unspecified atom stereocenters. The van der Waals surface area contributed by atoms with Crippen LogP contribution < -0.4 is 0 Å². The van der Waals surface area contributed by atoms with E-state index >= 15 is 0 Å². The largest absolute Gasteiger partial charge is 0.442 e.